The molecule has 1 amide bonds. The molecule has 1 atom stereocenters. The normalized spacial score (nSPS) is 22.6. The van der Waals surface area contributed by atoms with Crippen LogP contribution in [0.2, 0.25) is 10.0 Å². The van der Waals surface area contributed by atoms with Crippen molar-refractivity contribution in [3.63, 3.8) is 0 Å². The van der Waals surface area contributed by atoms with Crippen molar-refractivity contribution in [2.45, 2.75) is 49.8 Å². The number of hydrazine groups is 1. The summed E-state index contributed by atoms with van der Waals surface area (Å²) in [4.78, 5) is 12.5. The van der Waals surface area contributed by atoms with Crippen LogP contribution in [0.1, 0.15) is 44.9 Å². The number of hydrogen-bond donors (Lipinski definition) is 1. The first kappa shape index (κ1) is 21.8. The Morgan fingerprint density at radius 1 is 1.07 bits per heavy atom. The van der Waals surface area contributed by atoms with Gasteiger partial charge in [-0.2, -0.15) is 4.31 Å². The predicted molar refractivity (Wildman–Crippen MR) is 111 cm³/mol. The molecule has 2 fully saturated rings. The van der Waals surface area contributed by atoms with E-state index in [2.05, 4.69) is 5.43 Å². The molecule has 1 unspecified atom stereocenters. The third-order valence-corrected chi connectivity index (χ3v) is 7.94. The molecular weight excluding hydrogens is 421 g/mol. The van der Waals surface area contributed by atoms with Crippen molar-refractivity contribution < 1.29 is 13.2 Å². The summed E-state index contributed by atoms with van der Waals surface area (Å²) >= 11 is 12.0. The summed E-state index contributed by atoms with van der Waals surface area (Å²) in [5, 5.41) is 2.51. The Labute approximate surface area is 177 Å². The topological polar surface area (TPSA) is 69.7 Å². The molecule has 0 bridgehead atoms. The Morgan fingerprint density at radius 3 is 2.46 bits per heavy atom. The zero-order valence-electron chi connectivity index (χ0n) is 15.9. The molecular formula is C19H27Cl2N3O3S. The van der Waals surface area contributed by atoms with E-state index in [1.165, 1.54) is 35.3 Å². The summed E-state index contributed by atoms with van der Waals surface area (Å²) in [6.07, 6.45) is 6.50. The van der Waals surface area contributed by atoms with Gasteiger partial charge in [-0.1, -0.05) is 36.0 Å². The molecule has 1 aromatic carbocycles. The van der Waals surface area contributed by atoms with Crippen LogP contribution < -0.4 is 5.43 Å². The lowest BCUT2D eigenvalue weighted by atomic mass is 9.96. The van der Waals surface area contributed by atoms with Gasteiger partial charge < -0.3 is 0 Å². The van der Waals surface area contributed by atoms with Crippen molar-refractivity contribution in [2.75, 3.05) is 26.2 Å². The molecule has 2 aliphatic rings. The fraction of sp³-hybridized carbons (Fsp3) is 0.632. The highest BCUT2D eigenvalue weighted by Crippen LogP contribution is 2.30. The molecule has 2 saturated heterocycles. The first-order chi connectivity index (χ1) is 13.4. The third-order valence-electron chi connectivity index (χ3n) is 5.36. The average molecular weight is 448 g/mol. The Hall–Kier alpha value is -0.860. The fourth-order valence-corrected chi connectivity index (χ4v) is 6.20. The summed E-state index contributed by atoms with van der Waals surface area (Å²) in [6.45, 7) is 2.53. The molecule has 0 radical (unpaired) electrons. The molecule has 0 saturated carbocycles. The van der Waals surface area contributed by atoms with E-state index in [-0.39, 0.29) is 21.7 Å². The number of benzene rings is 1. The van der Waals surface area contributed by atoms with E-state index in [0.717, 1.165) is 38.8 Å². The number of carbonyl (C=O) groups excluding carboxylic acids is 1. The Bertz CT molecular complexity index is 796. The number of hydrogen-bond acceptors (Lipinski definition) is 4. The number of rotatable bonds is 5. The van der Waals surface area contributed by atoms with Gasteiger partial charge in [0.2, 0.25) is 15.9 Å². The van der Waals surface area contributed by atoms with Crippen molar-refractivity contribution in [1.82, 2.24) is 14.7 Å². The minimum atomic E-state index is -3.71. The fourth-order valence-electron chi connectivity index (χ4n) is 3.90. The largest absolute Gasteiger partial charge is 0.289 e. The van der Waals surface area contributed by atoms with Crippen molar-refractivity contribution >= 4 is 39.1 Å². The van der Waals surface area contributed by atoms with Crippen LogP contribution in [0.15, 0.2) is 23.1 Å². The lowest BCUT2D eigenvalue weighted by Crippen LogP contribution is -2.45. The highest BCUT2D eigenvalue weighted by Gasteiger charge is 2.32. The maximum absolute atomic E-state index is 13.0. The summed E-state index contributed by atoms with van der Waals surface area (Å²) in [7, 11) is -3.71. The van der Waals surface area contributed by atoms with Crippen LogP contribution in [0.3, 0.4) is 0 Å². The summed E-state index contributed by atoms with van der Waals surface area (Å²) in [5.74, 6) is -0.0303. The molecule has 2 heterocycles. The smallest absolute Gasteiger partial charge is 0.244 e. The van der Waals surface area contributed by atoms with Crippen LogP contribution in [0.5, 0.6) is 0 Å². The van der Waals surface area contributed by atoms with Crippen molar-refractivity contribution in [2.24, 2.45) is 5.92 Å². The molecule has 6 nitrogen and oxygen atoms in total. The Morgan fingerprint density at radius 2 is 1.79 bits per heavy atom. The van der Waals surface area contributed by atoms with Crippen molar-refractivity contribution in [1.29, 1.82) is 0 Å². The van der Waals surface area contributed by atoms with Crippen LogP contribution in [0.4, 0.5) is 0 Å². The zero-order chi connectivity index (χ0) is 20.1. The van der Waals surface area contributed by atoms with Gasteiger partial charge in [-0.25, -0.2) is 13.4 Å². The maximum Gasteiger partial charge on any atom is 0.244 e. The molecule has 9 heteroatoms. The van der Waals surface area contributed by atoms with Crippen LogP contribution >= 0.6 is 23.2 Å². The van der Waals surface area contributed by atoms with E-state index >= 15 is 0 Å². The molecule has 156 valence electrons. The number of halogens is 2. The molecule has 2 aliphatic heterocycles. The number of amides is 1. The summed E-state index contributed by atoms with van der Waals surface area (Å²) in [5.41, 5.74) is 3.00. The standard InChI is InChI=1S/C19H27Cl2N3O3S/c20-16-7-8-18(17(21)13-16)28(26,27)24-11-5-6-15(14-24)12-19(25)22-23-9-3-1-2-4-10-23/h7-8,13,15H,1-6,9-12,14H2,(H,22,25). The number of carbonyl (C=O) groups is 1. The van der Waals surface area contributed by atoms with Gasteiger partial charge in [-0.05, 0) is 49.8 Å². The molecule has 0 aliphatic carbocycles. The molecule has 28 heavy (non-hydrogen) atoms. The first-order valence-corrected chi connectivity index (χ1v) is 12.1. The van der Waals surface area contributed by atoms with Crippen LogP contribution in [-0.4, -0.2) is 49.8 Å². The zero-order valence-corrected chi connectivity index (χ0v) is 18.2. The molecule has 1 aromatic rings. The van der Waals surface area contributed by atoms with E-state index in [4.69, 9.17) is 23.2 Å². The minimum absolute atomic E-state index is 0.00146. The van der Waals surface area contributed by atoms with E-state index in [9.17, 15) is 13.2 Å². The quantitative estimate of drug-likeness (QED) is 0.746. The summed E-state index contributed by atoms with van der Waals surface area (Å²) in [6, 6.07) is 4.40. The van der Waals surface area contributed by atoms with Crippen molar-refractivity contribution in [3.05, 3.63) is 28.2 Å². The van der Waals surface area contributed by atoms with Crippen LogP contribution in [0.25, 0.3) is 0 Å². The molecule has 0 aromatic heterocycles. The van der Waals surface area contributed by atoms with Gasteiger partial charge >= 0.3 is 0 Å². The highest BCUT2D eigenvalue weighted by atomic mass is 35.5. The molecule has 1 N–H and O–H groups in total. The number of piperidine rings is 1. The highest BCUT2D eigenvalue weighted by molar-refractivity contribution is 7.89. The van der Waals surface area contributed by atoms with Gasteiger partial charge in [0.25, 0.3) is 0 Å². The second-order valence-electron chi connectivity index (χ2n) is 7.59. The third kappa shape index (κ3) is 5.60. The Balaban J connectivity index is 1.60. The van der Waals surface area contributed by atoms with E-state index < -0.39 is 10.0 Å². The second-order valence-corrected chi connectivity index (χ2v) is 10.3. The SMILES string of the molecule is O=C(CC1CCCN(S(=O)(=O)c2ccc(Cl)cc2Cl)C1)NN1CCCCCC1. The predicted octanol–water partition coefficient (Wildman–Crippen LogP) is 3.69. The average Bonchev–Trinajstić information content (AvgIpc) is 2.90. The maximum atomic E-state index is 13.0. The van der Waals surface area contributed by atoms with E-state index in [0.29, 0.717) is 24.5 Å². The second kappa shape index (κ2) is 9.76. The summed E-state index contributed by atoms with van der Waals surface area (Å²) < 4.78 is 27.4. The number of nitrogens with one attached hydrogen (secondary N) is 1. The van der Waals surface area contributed by atoms with E-state index in [1.54, 1.807) is 0 Å². The molecule has 0 spiro atoms. The van der Waals surface area contributed by atoms with Gasteiger partial charge in [0.05, 0.1) is 5.02 Å². The van der Waals surface area contributed by atoms with Gasteiger partial charge in [0, 0.05) is 37.6 Å². The van der Waals surface area contributed by atoms with Gasteiger partial charge in [-0.15, -0.1) is 0 Å². The van der Waals surface area contributed by atoms with Crippen LogP contribution in [0, 0.1) is 5.92 Å². The van der Waals surface area contributed by atoms with Crippen molar-refractivity contribution in [3.8, 4) is 0 Å². The minimum Gasteiger partial charge on any atom is -0.289 e. The number of nitrogens with zero attached hydrogens (tertiary/aromatic N) is 2. The van der Waals surface area contributed by atoms with Gasteiger partial charge in [-0.3, -0.25) is 10.2 Å². The lowest BCUT2D eigenvalue weighted by Gasteiger charge is -2.32. The lowest BCUT2D eigenvalue weighted by molar-refractivity contribution is -0.127. The Kier molecular flexibility index (Phi) is 7.61. The van der Waals surface area contributed by atoms with Gasteiger partial charge in [0.15, 0.2) is 0 Å². The first-order valence-electron chi connectivity index (χ1n) is 9.86. The number of sulfonamides is 1. The monoisotopic (exact) mass is 447 g/mol. The van der Waals surface area contributed by atoms with Gasteiger partial charge in [0.1, 0.15) is 4.90 Å². The van der Waals surface area contributed by atoms with Crippen LogP contribution in [-0.2, 0) is 14.8 Å². The van der Waals surface area contributed by atoms with E-state index in [1.807, 2.05) is 5.01 Å². The molecule has 3 rings (SSSR count).